The van der Waals surface area contributed by atoms with E-state index in [1.807, 2.05) is 4.90 Å². The molecule has 3 aromatic rings. The maximum Gasteiger partial charge on any atom is 0.416 e. The Labute approximate surface area is 200 Å². The third kappa shape index (κ3) is 4.52. The second-order valence-electron chi connectivity index (χ2n) is 9.13. The summed E-state index contributed by atoms with van der Waals surface area (Å²) in [6.07, 6.45) is -1.17. The summed E-state index contributed by atoms with van der Waals surface area (Å²) in [5, 5.41) is 3.72. The van der Waals surface area contributed by atoms with Crippen LogP contribution in [0.2, 0.25) is 0 Å². The lowest BCUT2D eigenvalue weighted by atomic mass is 9.85. The zero-order valence-electron chi connectivity index (χ0n) is 19.6. The Bertz CT molecular complexity index is 1250. The summed E-state index contributed by atoms with van der Waals surface area (Å²) in [6.45, 7) is 3.16. The fraction of sp³-hybridized carbons (Fsp3) is 0.458. The molecule has 11 heteroatoms. The van der Waals surface area contributed by atoms with Crippen molar-refractivity contribution >= 4 is 28.4 Å². The van der Waals surface area contributed by atoms with E-state index >= 15 is 0 Å². The highest BCUT2D eigenvalue weighted by molar-refractivity contribution is 5.94. The number of H-pyrrole nitrogens is 1. The molecule has 0 unspecified atom stereocenters. The van der Waals surface area contributed by atoms with Crippen LogP contribution in [0.5, 0.6) is 5.75 Å². The van der Waals surface area contributed by atoms with Gasteiger partial charge >= 0.3 is 6.18 Å². The molecule has 1 amide bonds. The Hall–Kier alpha value is -3.34. The van der Waals surface area contributed by atoms with E-state index in [9.17, 15) is 18.0 Å². The number of aromatic amines is 1. The first-order chi connectivity index (χ1) is 16.7. The second kappa shape index (κ2) is 9.03. The van der Waals surface area contributed by atoms with Gasteiger partial charge in [0.1, 0.15) is 23.5 Å². The molecular weight excluding hydrogens is 461 g/mol. The number of nitrogens with one attached hydrogen (secondary N) is 2. The number of hydrogen-bond acceptors (Lipinski definition) is 6. The number of anilines is 2. The number of likely N-dealkylation sites (N-methyl/N-ethyl adjacent to an activating group) is 1. The average molecular weight is 489 g/mol. The van der Waals surface area contributed by atoms with Crippen molar-refractivity contribution in [2.75, 3.05) is 45.7 Å². The van der Waals surface area contributed by atoms with Gasteiger partial charge < -0.3 is 24.8 Å². The number of hydrogen-bond donors (Lipinski definition) is 2. The molecule has 1 atom stereocenters. The SMILES string of the molecule is COc1ccc(C(F)(F)F)cc1Nc1ncnc2[nH]c3c(c12)C[C@H](C(=O)N1CCN(C)CC1)CC3. The van der Waals surface area contributed by atoms with Crippen molar-refractivity contribution in [1.82, 2.24) is 24.8 Å². The molecule has 3 heterocycles. The van der Waals surface area contributed by atoms with Crippen LogP contribution in [-0.2, 0) is 23.8 Å². The first kappa shape index (κ1) is 23.4. The third-order valence-electron chi connectivity index (χ3n) is 6.92. The van der Waals surface area contributed by atoms with E-state index in [4.69, 9.17) is 4.74 Å². The summed E-state index contributed by atoms with van der Waals surface area (Å²) in [5.74, 6) is 0.639. The summed E-state index contributed by atoms with van der Waals surface area (Å²) in [4.78, 5) is 29.4. The number of alkyl halides is 3. The van der Waals surface area contributed by atoms with Crippen LogP contribution in [0, 0.1) is 5.92 Å². The number of ether oxygens (including phenoxy) is 1. The minimum atomic E-state index is -4.49. The molecule has 1 aliphatic heterocycles. The van der Waals surface area contributed by atoms with Gasteiger partial charge in [-0.15, -0.1) is 0 Å². The van der Waals surface area contributed by atoms with Gasteiger partial charge in [-0.25, -0.2) is 9.97 Å². The summed E-state index contributed by atoms with van der Waals surface area (Å²) in [5.41, 5.74) is 1.87. The Morgan fingerprint density at radius 3 is 2.69 bits per heavy atom. The lowest BCUT2D eigenvalue weighted by Crippen LogP contribution is -2.49. The van der Waals surface area contributed by atoms with E-state index in [-0.39, 0.29) is 23.3 Å². The first-order valence-electron chi connectivity index (χ1n) is 11.6. The van der Waals surface area contributed by atoms with Crippen LogP contribution >= 0.6 is 0 Å². The Morgan fingerprint density at radius 2 is 1.97 bits per heavy atom. The van der Waals surface area contributed by atoms with E-state index in [2.05, 4.69) is 32.2 Å². The number of fused-ring (bicyclic) bond motifs is 3. The number of rotatable bonds is 4. The summed E-state index contributed by atoms with van der Waals surface area (Å²) in [7, 11) is 3.45. The monoisotopic (exact) mass is 488 g/mol. The molecule has 1 aromatic carbocycles. The van der Waals surface area contributed by atoms with Gasteiger partial charge in [-0.2, -0.15) is 13.2 Å². The van der Waals surface area contributed by atoms with Crippen LogP contribution in [-0.4, -0.2) is 71.0 Å². The minimum Gasteiger partial charge on any atom is -0.495 e. The Balaban J connectivity index is 1.47. The molecule has 2 aliphatic rings. The number of benzene rings is 1. The van der Waals surface area contributed by atoms with Crippen molar-refractivity contribution in [1.29, 1.82) is 0 Å². The lowest BCUT2D eigenvalue weighted by Gasteiger charge is -2.35. The molecule has 0 bridgehead atoms. The number of aromatic nitrogens is 3. The van der Waals surface area contributed by atoms with Gasteiger partial charge in [0.15, 0.2) is 0 Å². The van der Waals surface area contributed by atoms with Crippen LogP contribution in [0.1, 0.15) is 23.2 Å². The minimum absolute atomic E-state index is 0.151. The van der Waals surface area contributed by atoms with Crippen molar-refractivity contribution in [2.45, 2.75) is 25.4 Å². The predicted octanol–water partition coefficient (Wildman–Crippen LogP) is 3.61. The summed E-state index contributed by atoms with van der Waals surface area (Å²) >= 11 is 0. The largest absolute Gasteiger partial charge is 0.495 e. The normalized spacial score (nSPS) is 19.0. The maximum absolute atomic E-state index is 13.3. The molecule has 0 saturated carbocycles. The van der Waals surface area contributed by atoms with Crippen molar-refractivity contribution in [3.8, 4) is 5.75 Å². The fourth-order valence-corrected chi connectivity index (χ4v) is 4.94. The second-order valence-corrected chi connectivity index (χ2v) is 9.13. The molecule has 0 radical (unpaired) electrons. The van der Waals surface area contributed by atoms with Crippen LogP contribution in [0.25, 0.3) is 11.0 Å². The van der Waals surface area contributed by atoms with Gasteiger partial charge in [0.2, 0.25) is 5.91 Å². The van der Waals surface area contributed by atoms with Crippen molar-refractivity contribution < 1.29 is 22.7 Å². The number of amides is 1. The fourth-order valence-electron chi connectivity index (χ4n) is 4.94. The standard InChI is InChI=1S/C24H27F3N6O2/c1-32-7-9-33(10-8-32)23(34)14-3-5-17-16(11-14)20-21(30-17)28-13-29-22(20)31-18-12-15(24(25,26)27)4-6-19(18)35-2/h4,6,12-14H,3,5,7-11H2,1-2H3,(H2,28,29,30,31)/t14-/m1/s1. The quantitative estimate of drug-likeness (QED) is 0.584. The lowest BCUT2D eigenvalue weighted by molar-refractivity contribution is -0.138. The number of carbonyl (C=O) groups excluding carboxylic acids is 1. The maximum atomic E-state index is 13.3. The van der Waals surface area contributed by atoms with Gasteiger partial charge in [-0.05, 0) is 50.1 Å². The summed E-state index contributed by atoms with van der Waals surface area (Å²) < 4.78 is 45.3. The van der Waals surface area contributed by atoms with E-state index in [0.717, 1.165) is 56.0 Å². The number of nitrogens with zero attached hydrogens (tertiary/aromatic N) is 4. The Morgan fingerprint density at radius 1 is 1.20 bits per heavy atom. The summed E-state index contributed by atoms with van der Waals surface area (Å²) in [6, 6.07) is 3.26. The molecule has 186 valence electrons. The molecule has 1 fully saturated rings. The number of carbonyl (C=O) groups is 1. The average Bonchev–Trinajstić information content (AvgIpc) is 3.22. The van der Waals surface area contributed by atoms with Crippen LogP contribution < -0.4 is 10.1 Å². The number of aryl methyl sites for hydroxylation is 1. The number of halogens is 3. The van der Waals surface area contributed by atoms with Crippen molar-refractivity contribution in [2.24, 2.45) is 5.92 Å². The third-order valence-corrected chi connectivity index (χ3v) is 6.92. The molecule has 2 aromatic heterocycles. The number of piperazine rings is 1. The van der Waals surface area contributed by atoms with Gasteiger partial charge in [-0.1, -0.05) is 0 Å². The molecule has 1 saturated heterocycles. The van der Waals surface area contributed by atoms with Crippen LogP contribution in [0.3, 0.4) is 0 Å². The van der Waals surface area contributed by atoms with Gasteiger partial charge in [0.05, 0.1) is 23.7 Å². The molecule has 2 N–H and O–H groups in total. The first-order valence-corrected chi connectivity index (χ1v) is 11.6. The zero-order chi connectivity index (χ0) is 24.7. The highest BCUT2D eigenvalue weighted by Gasteiger charge is 2.33. The molecule has 35 heavy (non-hydrogen) atoms. The highest BCUT2D eigenvalue weighted by Crippen LogP contribution is 2.39. The smallest absolute Gasteiger partial charge is 0.416 e. The van der Waals surface area contributed by atoms with Crippen LogP contribution in [0.15, 0.2) is 24.5 Å². The van der Waals surface area contributed by atoms with Gasteiger partial charge in [0.25, 0.3) is 0 Å². The highest BCUT2D eigenvalue weighted by atomic mass is 19.4. The van der Waals surface area contributed by atoms with E-state index in [1.165, 1.54) is 19.5 Å². The van der Waals surface area contributed by atoms with E-state index in [1.54, 1.807) is 0 Å². The molecular formula is C24H27F3N6O2. The molecule has 0 spiro atoms. The van der Waals surface area contributed by atoms with Crippen molar-refractivity contribution in [3.63, 3.8) is 0 Å². The van der Waals surface area contributed by atoms with Gasteiger partial charge in [-0.3, -0.25) is 4.79 Å². The van der Waals surface area contributed by atoms with E-state index in [0.29, 0.717) is 29.7 Å². The van der Waals surface area contributed by atoms with E-state index < -0.39 is 11.7 Å². The molecule has 5 rings (SSSR count). The van der Waals surface area contributed by atoms with Crippen LogP contribution in [0.4, 0.5) is 24.7 Å². The predicted molar refractivity (Wildman–Crippen MR) is 125 cm³/mol. The number of methoxy groups -OCH3 is 1. The van der Waals surface area contributed by atoms with Gasteiger partial charge in [0, 0.05) is 37.8 Å². The zero-order valence-corrected chi connectivity index (χ0v) is 19.6. The molecule has 8 nitrogen and oxygen atoms in total. The Kier molecular flexibility index (Phi) is 6.04. The van der Waals surface area contributed by atoms with Crippen molar-refractivity contribution in [3.05, 3.63) is 41.3 Å². The molecule has 1 aliphatic carbocycles. The topological polar surface area (TPSA) is 86.4 Å².